The smallest absolute Gasteiger partial charge is 0.242 e. The molecule has 1 aromatic heterocycles. The number of nitrogens with zero attached hydrogens (tertiary/aromatic N) is 2. The summed E-state index contributed by atoms with van der Waals surface area (Å²) in [5, 5.41) is 15.6. The monoisotopic (exact) mass is 255 g/mol. The fourth-order valence-corrected chi connectivity index (χ4v) is 1.71. The third-order valence-electron chi connectivity index (χ3n) is 2.64. The van der Waals surface area contributed by atoms with E-state index < -0.39 is 5.92 Å². The molecule has 1 aromatic carbocycles. The number of carbonyl (C=O) groups excluding carboxylic acids is 1. The lowest BCUT2D eigenvalue weighted by molar-refractivity contribution is -0.121. The number of rotatable bonds is 4. The Bertz CT molecular complexity index is 599. The van der Waals surface area contributed by atoms with Gasteiger partial charge in [0.1, 0.15) is 17.4 Å². The van der Waals surface area contributed by atoms with Gasteiger partial charge in [-0.2, -0.15) is 5.26 Å². The lowest BCUT2D eigenvalue weighted by Crippen LogP contribution is -2.28. The third-order valence-corrected chi connectivity index (χ3v) is 2.64. The second-order valence-corrected chi connectivity index (χ2v) is 4.12. The second-order valence-electron chi connectivity index (χ2n) is 4.12. The number of hydrogen-bond acceptors (Lipinski definition) is 4. The van der Waals surface area contributed by atoms with Crippen molar-refractivity contribution in [3.63, 3.8) is 0 Å². The summed E-state index contributed by atoms with van der Waals surface area (Å²) in [6.45, 7) is 2.03. The van der Waals surface area contributed by atoms with Gasteiger partial charge in [0.05, 0.1) is 12.6 Å². The highest BCUT2D eigenvalue weighted by Gasteiger charge is 2.19. The highest BCUT2D eigenvalue weighted by atomic mass is 16.5. The number of benzene rings is 1. The molecular weight excluding hydrogens is 242 g/mol. The van der Waals surface area contributed by atoms with Crippen molar-refractivity contribution in [2.75, 3.05) is 0 Å². The van der Waals surface area contributed by atoms with Gasteiger partial charge in [-0.15, -0.1) is 0 Å². The Balaban J connectivity index is 2.00. The van der Waals surface area contributed by atoms with Gasteiger partial charge in [-0.3, -0.25) is 4.79 Å². The van der Waals surface area contributed by atoms with Gasteiger partial charge in [0.2, 0.25) is 5.91 Å². The number of nitrogens with one attached hydrogen (secondary N) is 1. The molecule has 0 aliphatic carbocycles. The quantitative estimate of drug-likeness (QED) is 0.905. The minimum atomic E-state index is -0.811. The highest BCUT2D eigenvalue weighted by molar-refractivity contribution is 5.86. The van der Waals surface area contributed by atoms with E-state index in [1.807, 2.05) is 12.1 Å². The Hall–Kier alpha value is -2.61. The van der Waals surface area contributed by atoms with Crippen LogP contribution in [0.1, 0.15) is 22.9 Å². The van der Waals surface area contributed by atoms with Crippen molar-refractivity contribution in [1.82, 2.24) is 10.5 Å². The molecule has 19 heavy (non-hydrogen) atoms. The number of hydrogen-bond donors (Lipinski definition) is 1. The van der Waals surface area contributed by atoms with Crippen molar-refractivity contribution in [3.8, 4) is 6.07 Å². The Morgan fingerprint density at radius 3 is 2.79 bits per heavy atom. The predicted molar refractivity (Wildman–Crippen MR) is 67.9 cm³/mol. The van der Waals surface area contributed by atoms with Crippen LogP contribution in [-0.2, 0) is 11.3 Å². The zero-order valence-corrected chi connectivity index (χ0v) is 10.5. The minimum absolute atomic E-state index is 0.251. The van der Waals surface area contributed by atoms with Crippen LogP contribution in [0.5, 0.6) is 0 Å². The third kappa shape index (κ3) is 3.19. The van der Waals surface area contributed by atoms with E-state index in [4.69, 9.17) is 9.78 Å². The second kappa shape index (κ2) is 5.83. The summed E-state index contributed by atoms with van der Waals surface area (Å²) in [6, 6.07) is 12.7. The molecule has 1 atom stereocenters. The summed E-state index contributed by atoms with van der Waals surface area (Å²) in [5.74, 6) is -0.465. The Morgan fingerprint density at radius 1 is 1.47 bits per heavy atom. The van der Waals surface area contributed by atoms with Crippen LogP contribution >= 0.6 is 0 Å². The largest absolute Gasteiger partial charge is 0.361 e. The first-order valence-corrected chi connectivity index (χ1v) is 5.85. The minimum Gasteiger partial charge on any atom is -0.361 e. The first kappa shape index (κ1) is 12.8. The molecule has 0 saturated carbocycles. The van der Waals surface area contributed by atoms with Crippen molar-refractivity contribution in [1.29, 1.82) is 5.26 Å². The molecule has 1 N–H and O–H groups in total. The summed E-state index contributed by atoms with van der Waals surface area (Å²) >= 11 is 0. The standard InChI is InChI=1S/C14H13N3O2/c1-10-7-12(17-19-10)9-16-14(18)13(8-15)11-5-3-2-4-6-11/h2-7,13H,9H2,1H3,(H,16,18). The molecule has 0 aliphatic rings. The maximum atomic E-state index is 12.0. The van der Waals surface area contributed by atoms with E-state index in [1.54, 1.807) is 37.3 Å². The topological polar surface area (TPSA) is 78.9 Å². The van der Waals surface area contributed by atoms with Gasteiger partial charge in [-0.25, -0.2) is 0 Å². The first-order chi connectivity index (χ1) is 9.20. The lowest BCUT2D eigenvalue weighted by atomic mass is 10.00. The van der Waals surface area contributed by atoms with E-state index >= 15 is 0 Å². The number of aryl methyl sites for hydroxylation is 1. The molecule has 1 heterocycles. The van der Waals surface area contributed by atoms with Crippen LogP contribution in [0.2, 0.25) is 0 Å². The summed E-state index contributed by atoms with van der Waals surface area (Å²) in [5.41, 5.74) is 1.31. The van der Waals surface area contributed by atoms with Crippen LogP contribution in [0.25, 0.3) is 0 Å². The van der Waals surface area contributed by atoms with Crippen LogP contribution in [0, 0.1) is 18.3 Å². The van der Waals surface area contributed by atoms with Gasteiger partial charge >= 0.3 is 0 Å². The van der Waals surface area contributed by atoms with Crippen LogP contribution < -0.4 is 5.32 Å². The normalized spacial score (nSPS) is 11.6. The van der Waals surface area contributed by atoms with E-state index in [0.717, 1.165) is 0 Å². The summed E-state index contributed by atoms with van der Waals surface area (Å²) in [7, 11) is 0. The van der Waals surface area contributed by atoms with Crippen LogP contribution in [0.3, 0.4) is 0 Å². The first-order valence-electron chi connectivity index (χ1n) is 5.85. The predicted octanol–water partition coefficient (Wildman–Crippen LogP) is 1.91. The van der Waals surface area contributed by atoms with Crippen molar-refractivity contribution in [2.24, 2.45) is 0 Å². The van der Waals surface area contributed by atoms with Crippen LogP contribution in [0.4, 0.5) is 0 Å². The Labute approximate surface area is 110 Å². The van der Waals surface area contributed by atoms with E-state index in [-0.39, 0.29) is 12.5 Å². The molecule has 5 nitrogen and oxygen atoms in total. The van der Waals surface area contributed by atoms with Gasteiger partial charge in [0, 0.05) is 6.07 Å². The molecule has 0 aliphatic heterocycles. The van der Waals surface area contributed by atoms with Gasteiger partial charge < -0.3 is 9.84 Å². The maximum absolute atomic E-state index is 12.0. The Morgan fingerprint density at radius 2 is 2.21 bits per heavy atom. The molecule has 1 amide bonds. The van der Waals surface area contributed by atoms with E-state index in [2.05, 4.69) is 10.5 Å². The zero-order chi connectivity index (χ0) is 13.7. The summed E-state index contributed by atoms with van der Waals surface area (Å²) < 4.78 is 4.90. The molecule has 0 fully saturated rings. The summed E-state index contributed by atoms with van der Waals surface area (Å²) in [4.78, 5) is 12.0. The molecule has 5 heteroatoms. The van der Waals surface area contributed by atoms with Gasteiger partial charge in [0.15, 0.2) is 0 Å². The highest BCUT2D eigenvalue weighted by Crippen LogP contribution is 2.14. The van der Waals surface area contributed by atoms with E-state index in [0.29, 0.717) is 17.0 Å². The van der Waals surface area contributed by atoms with Crippen LogP contribution in [0.15, 0.2) is 40.9 Å². The van der Waals surface area contributed by atoms with E-state index in [9.17, 15) is 4.79 Å². The fraction of sp³-hybridized carbons (Fsp3) is 0.214. The van der Waals surface area contributed by atoms with E-state index in [1.165, 1.54) is 0 Å². The van der Waals surface area contributed by atoms with Crippen LogP contribution in [-0.4, -0.2) is 11.1 Å². The maximum Gasteiger partial charge on any atom is 0.242 e. The van der Waals surface area contributed by atoms with Gasteiger partial charge in [-0.1, -0.05) is 35.5 Å². The van der Waals surface area contributed by atoms with Gasteiger partial charge in [-0.05, 0) is 12.5 Å². The summed E-state index contributed by atoms with van der Waals surface area (Å²) in [6.07, 6.45) is 0. The van der Waals surface area contributed by atoms with Gasteiger partial charge in [0.25, 0.3) is 0 Å². The molecule has 96 valence electrons. The molecule has 2 rings (SSSR count). The molecule has 0 radical (unpaired) electrons. The van der Waals surface area contributed by atoms with Crippen molar-refractivity contribution in [2.45, 2.75) is 19.4 Å². The number of aromatic nitrogens is 1. The molecule has 0 saturated heterocycles. The number of amides is 1. The molecule has 0 spiro atoms. The molecule has 2 aromatic rings. The zero-order valence-electron chi connectivity index (χ0n) is 10.5. The molecular formula is C14H13N3O2. The van der Waals surface area contributed by atoms with Crippen molar-refractivity contribution >= 4 is 5.91 Å². The number of carbonyl (C=O) groups is 1. The number of nitriles is 1. The average Bonchev–Trinajstić information content (AvgIpc) is 2.84. The molecule has 1 unspecified atom stereocenters. The molecule has 0 bridgehead atoms. The fourth-order valence-electron chi connectivity index (χ4n) is 1.71. The average molecular weight is 255 g/mol. The Kier molecular flexibility index (Phi) is 3.94. The lowest BCUT2D eigenvalue weighted by Gasteiger charge is -2.09. The van der Waals surface area contributed by atoms with Crippen molar-refractivity contribution in [3.05, 3.63) is 53.4 Å². The van der Waals surface area contributed by atoms with Crippen molar-refractivity contribution < 1.29 is 9.32 Å². The SMILES string of the molecule is Cc1cc(CNC(=O)C(C#N)c2ccccc2)no1.